The van der Waals surface area contributed by atoms with Gasteiger partial charge in [0.25, 0.3) is 0 Å². The van der Waals surface area contributed by atoms with Gasteiger partial charge in [-0.25, -0.2) is 0 Å². The van der Waals surface area contributed by atoms with Gasteiger partial charge in [-0.05, 0) is 44.7 Å². The van der Waals surface area contributed by atoms with Crippen LogP contribution in [0.1, 0.15) is 33.5 Å². The molecule has 0 amide bonds. The van der Waals surface area contributed by atoms with Crippen molar-refractivity contribution in [3.63, 3.8) is 0 Å². The minimum absolute atomic E-state index is 0.138. The standard InChI is InChI=1S/C22H29N5O2S2/c1-4-26-21(25-9-11-29-12-10-25)23-24-22(26)31-15-20(28)19-14-16(2)27(17(19)3)8-7-18-6-5-13-30-18/h5-6,13-14H,4,7-12,15H2,1-3H3. The number of aryl methyl sites for hydroxylation is 2. The van der Waals surface area contributed by atoms with Crippen molar-refractivity contribution in [1.29, 1.82) is 0 Å². The lowest BCUT2D eigenvalue weighted by atomic mass is 10.2. The van der Waals surface area contributed by atoms with Gasteiger partial charge in [-0.1, -0.05) is 17.8 Å². The number of ketones is 1. The molecule has 0 N–H and O–H groups in total. The van der Waals surface area contributed by atoms with E-state index in [1.807, 2.05) is 13.0 Å². The summed E-state index contributed by atoms with van der Waals surface area (Å²) in [6.07, 6.45) is 0.986. The van der Waals surface area contributed by atoms with E-state index in [-0.39, 0.29) is 5.78 Å². The maximum Gasteiger partial charge on any atom is 0.228 e. The zero-order valence-corrected chi connectivity index (χ0v) is 20.0. The lowest BCUT2D eigenvalue weighted by Gasteiger charge is -2.27. The van der Waals surface area contributed by atoms with Crippen molar-refractivity contribution in [3.8, 4) is 0 Å². The van der Waals surface area contributed by atoms with Crippen molar-refractivity contribution in [2.75, 3.05) is 37.0 Å². The van der Waals surface area contributed by atoms with Crippen LogP contribution >= 0.6 is 23.1 Å². The van der Waals surface area contributed by atoms with Crippen LogP contribution in [0, 0.1) is 13.8 Å². The van der Waals surface area contributed by atoms with Gasteiger partial charge in [0.1, 0.15) is 0 Å². The van der Waals surface area contributed by atoms with Gasteiger partial charge in [-0.2, -0.15) is 0 Å². The molecule has 0 bridgehead atoms. The molecule has 1 saturated heterocycles. The number of aromatic nitrogens is 4. The molecule has 0 unspecified atom stereocenters. The average Bonchev–Trinajstić information content (AvgIpc) is 3.51. The first-order valence-electron chi connectivity index (χ1n) is 10.7. The van der Waals surface area contributed by atoms with Crippen LogP contribution in [0.2, 0.25) is 0 Å². The number of ether oxygens (including phenoxy) is 1. The summed E-state index contributed by atoms with van der Waals surface area (Å²) in [4.78, 5) is 16.6. The molecule has 4 heterocycles. The molecule has 0 radical (unpaired) electrons. The number of hydrogen-bond acceptors (Lipinski definition) is 7. The first-order chi connectivity index (χ1) is 15.1. The summed E-state index contributed by atoms with van der Waals surface area (Å²) in [7, 11) is 0. The molecule has 4 rings (SSSR count). The van der Waals surface area contributed by atoms with Crippen LogP contribution < -0.4 is 4.90 Å². The van der Waals surface area contributed by atoms with Crippen LogP contribution in [0.5, 0.6) is 0 Å². The fraction of sp³-hybridized carbons (Fsp3) is 0.500. The number of carbonyl (C=O) groups excluding carboxylic acids is 1. The molecule has 0 atom stereocenters. The zero-order chi connectivity index (χ0) is 21.8. The van der Waals surface area contributed by atoms with E-state index in [9.17, 15) is 4.79 Å². The summed E-state index contributed by atoms with van der Waals surface area (Å²) in [5.41, 5.74) is 2.99. The van der Waals surface area contributed by atoms with Gasteiger partial charge in [0, 0.05) is 48.0 Å². The van der Waals surface area contributed by atoms with Crippen molar-refractivity contribution >= 4 is 34.8 Å². The smallest absolute Gasteiger partial charge is 0.228 e. The molecular weight excluding hydrogens is 430 g/mol. The van der Waals surface area contributed by atoms with Crippen molar-refractivity contribution in [3.05, 3.63) is 45.4 Å². The summed E-state index contributed by atoms with van der Waals surface area (Å²) in [5.74, 6) is 1.36. The number of carbonyl (C=O) groups is 1. The van der Waals surface area contributed by atoms with Gasteiger partial charge in [-0.3, -0.25) is 9.36 Å². The van der Waals surface area contributed by atoms with Crippen molar-refractivity contribution in [1.82, 2.24) is 19.3 Å². The van der Waals surface area contributed by atoms with E-state index in [0.717, 1.165) is 60.7 Å². The number of nitrogens with zero attached hydrogens (tertiary/aromatic N) is 5. The van der Waals surface area contributed by atoms with E-state index in [2.05, 4.69) is 55.6 Å². The van der Waals surface area contributed by atoms with Crippen LogP contribution in [0.25, 0.3) is 0 Å². The van der Waals surface area contributed by atoms with Gasteiger partial charge < -0.3 is 14.2 Å². The van der Waals surface area contributed by atoms with Crippen LogP contribution in [0.4, 0.5) is 5.95 Å². The highest BCUT2D eigenvalue weighted by molar-refractivity contribution is 7.99. The highest BCUT2D eigenvalue weighted by Gasteiger charge is 2.21. The molecule has 0 aromatic carbocycles. The highest BCUT2D eigenvalue weighted by atomic mass is 32.2. The van der Waals surface area contributed by atoms with Crippen LogP contribution in [0.15, 0.2) is 28.7 Å². The Morgan fingerprint density at radius 3 is 2.74 bits per heavy atom. The van der Waals surface area contributed by atoms with Gasteiger partial charge in [0.05, 0.1) is 19.0 Å². The number of morpholine rings is 1. The molecule has 166 valence electrons. The van der Waals surface area contributed by atoms with Gasteiger partial charge in [0.15, 0.2) is 10.9 Å². The largest absolute Gasteiger partial charge is 0.378 e. The predicted molar refractivity (Wildman–Crippen MR) is 126 cm³/mol. The van der Waals surface area contributed by atoms with Crippen LogP contribution in [-0.4, -0.2) is 57.2 Å². The van der Waals surface area contributed by atoms with Crippen LogP contribution in [0.3, 0.4) is 0 Å². The number of thioether (sulfide) groups is 1. The first-order valence-corrected chi connectivity index (χ1v) is 12.6. The Morgan fingerprint density at radius 2 is 2.03 bits per heavy atom. The third-order valence-corrected chi connectivity index (χ3v) is 7.58. The van der Waals surface area contributed by atoms with Gasteiger partial charge >= 0.3 is 0 Å². The molecule has 3 aromatic heterocycles. The molecular formula is C22H29N5O2S2. The molecule has 7 nitrogen and oxygen atoms in total. The minimum atomic E-state index is 0.138. The van der Waals surface area contributed by atoms with E-state index in [0.29, 0.717) is 19.0 Å². The first kappa shape index (κ1) is 22.1. The van der Waals surface area contributed by atoms with Crippen molar-refractivity contribution in [2.24, 2.45) is 0 Å². The van der Waals surface area contributed by atoms with E-state index in [1.54, 1.807) is 11.3 Å². The lowest BCUT2D eigenvalue weighted by molar-refractivity contribution is 0.102. The van der Waals surface area contributed by atoms with Crippen molar-refractivity contribution < 1.29 is 9.53 Å². The molecule has 0 spiro atoms. The normalized spacial score (nSPS) is 14.4. The molecule has 1 fully saturated rings. The quantitative estimate of drug-likeness (QED) is 0.358. The van der Waals surface area contributed by atoms with Gasteiger partial charge in [0.2, 0.25) is 5.95 Å². The fourth-order valence-electron chi connectivity index (χ4n) is 3.97. The Kier molecular flexibility index (Phi) is 7.14. The SMILES string of the molecule is CCn1c(SCC(=O)c2cc(C)n(CCc3cccs3)c2C)nnc1N1CCOCC1. The number of anilines is 1. The summed E-state index contributed by atoms with van der Waals surface area (Å²) in [6.45, 7) is 10.9. The molecule has 1 aliphatic rings. The van der Waals surface area contributed by atoms with Gasteiger partial charge in [-0.15, -0.1) is 21.5 Å². The Labute approximate surface area is 191 Å². The molecule has 0 aliphatic carbocycles. The second kappa shape index (κ2) is 10.0. The number of hydrogen-bond donors (Lipinski definition) is 0. The highest BCUT2D eigenvalue weighted by Crippen LogP contribution is 2.25. The van der Waals surface area contributed by atoms with Crippen molar-refractivity contribution in [2.45, 2.75) is 45.4 Å². The molecule has 9 heteroatoms. The van der Waals surface area contributed by atoms with Crippen LogP contribution in [-0.2, 0) is 24.2 Å². The third kappa shape index (κ3) is 4.88. The van der Waals surface area contributed by atoms with E-state index >= 15 is 0 Å². The minimum Gasteiger partial charge on any atom is -0.378 e. The monoisotopic (exact) mass is 459 g/mol. The maximum atomic E-state index is 13.0. The second-order valence-corrected chi connectivity index (χ2v) is 9.58. The number of Topliss-reactive ketones (excluding diaryl/α,β-unsaturated/α-hetero) is 1. The fourth-order valence-corrected chi connectivity index (χ4v) is 5.55. The molecule has 0 saturated carbocycles. The summed E-state index contributed by atoms with van der Waals surface area (Å²) >= 11 is 3.25. The number of rotatable bonds is 9. The Hall–Kier alpha value is -2.10. The Morgan fingerprint density at radius 1 is 1.23 bits per heavy atom. The van der Waals surface area contributed by atoms with E-state index in [1.165, 1.54) is 16.6 Å². The maximum absolute atomic E-state index is 13.0. The average molecular weight is 460 g/mol. The zero-order valence-electron chi connectivity index (χ0n) is 18.3. The van der Waals surface area contributed by atoms with E-state index < -0.39 is 0 Å². The third-order valence-electron chi connectivity index (χ3n) is 5.68. The van der Waals surface area contributed by atoms with E-state index in [4.69, 9.17) is 4.74 Å². The summed E-state index contributed by atoms with van der Waals surface area (Å²) < 4.78 is 9.78. The summed E-state index contributed by atoms with van der Waals surface area (Å²) in [5, 5.41) is 11.7. The Bertz CT molecular complexity index is 1020. The topological polar surface area (TPSA) is 65.2 Å². The second-order valence-electron chi connectivity index (χ2n) is 7.60. The number of thiophene rings is 1. The summed E-state index contributed by atoms with van der Waals surface area (Å²) in [6, 6.07) is 6.27. The molecule has 3 aromatic rings. The lowest BCUT2D eigenvalue weighted by Crippen LogP contribution is -2.38. The predicted octanol–water partition coefficient (Wildman–Crippen LogP) is 3.83. The molecule has 31 heavy (non-hydrogen) atoms. The Balaban J connectivity index is 1.42. The molecule has 1 aliphatic heterocycles.